The summed E-state index contributed by atoms with van der Waals surface area (Å²) in [4.78, 5) is 25.7. The van der Waals surface area contributed by atoms with Crippen LogP contribution in [0.15, 0.2) is 48.5 Å². The molecule has 0 spiro atoms. The molecule has 1 aliphatic heterocycles. The molecule has 6 nitrogen and oxygen atoms in total. The summed E-state index contributed by atoms with van der Waals surface area (Å²) in [5.74, 6) is 0.0647. The van der Waals surface area contributed by atoms with Crippen molar-refractivity contribution in [1.82, 2.24) is 0 Å². The second-order valence-electron chi connectivity index (χ2n) is 10.6. The molecule has 0 bridgehead atoms. The second-order valence-corrected chi connectivity index (χ2v) is 10.6. The molecule has 208 valence electrons. The predicted molar refractivity (Wildman–Crippen MR) is 154 cm³/mol. The van der Waals surface area contributed by atoms with Gasteiger partial charge in [0.05, 0.1) is 43.9 Å². The number of esters is 1. The van der Waals surface area contributed by atoms with Crippen LogP contribution in [-0.4, -0.2) is 55.2 Å². The Balaban J connectivity index is 1.48. The first-order valence-electron chi connectivity index (χ1n) is 14.7. The smallest absolute Gasteiger partial charge is 0.338 e. The quantitative estimate of drug-likeness (QED) is 0.152. The summed E-state index contributed by atoms with van der Waals surface area (Å²) in [6.45, 7) is 11.8. The lowest BCUT2D eigenvalue weighted by atomic mass is 10.0. The molecule has 6 heteroatoms. The molecule has 38 heavy (non-hydrogen) atoms. The molecule has 0 saturated carbocycles. The molecule has 0 atom stereocenters. The van der Waals surface area contributed by atoms with Crippen LogP contribution in [0.5, 0.6) is 5.75 Å². The molecular weight excluding hydrogens is 476 g/mol. The summed E-state index contributed by atoms with van der Waals surface area (Å²) in [5.41, 5.74) is 1.63. The standard InChI is InChI=1S/C32H46N2O4/c1-4-7-8-9-10-13-25-37-30-15-12-11-14-29(30)31(35)33-27-18-16-26(17-19-27)32(36)38-28-20-23-34(6-3,22-5-2)24-21-28/h11-12,14-19,28H,4-10,13,20-25H2,1-3H3/p+1. The van der Waals surface area contributed by atoms with Gasteiger partial charge in [-0.15, -0.1) is 0 Å². The minimum absolute atomic E-state index is 0.0237. The molecule has 1 fully saturated rings. The Morgan fingerprint density at radius 2 is 1.55 bits per heavy atom. The average Bonchev–Trinajstić information content (AvgIpc) is 2.94. The van der Waals surface area contributed by atoms with Crippen LogP contribution < -0.4 is 10.1 Å². The number of nitrogens with zero attached hydrogens (tertiary/aromatic N) is 1. The number of rotatable bonds is 15. The van der Waals surface area contributed by atoms with Crippen LogP contribution in [0.1, 0.15) is 99.3 Å². The maximum absolute atomic E-state index is 13.0. The van der Waals surface area contributed by atoms with E-state index in [0.29, 0.717) is 29.2 Å². The highest BCUT2D eigenvalue weighted by molar-refractivity contribution is 6.06. The SMILES string of the molecule is CCCCCCCCOc1ccccc1C(=O)Nc1ccc(C(=O)OC2CC[N+](CC)(CCC)CC2)cc1. The van der Waals surface area contributed by atoms with Gasteiger partial charge in [-0.3, -0.25) is 4.79 Å². The van der Waals surface area contributed by atoms with E-state index in [-0.39, 0.29) is 18.0 Å². The van der Waals surface area contributed by atoms with Gasteiger partial charge in [-0.1, -0.05) is 58.1 Å². The van der Waals surface area contributed by atoms with Crippen LogP contribution in [-0.2, 0) is 4.74 Å². The van der Waals surface area contributed by atoms with Gasteiger partial charge in [-0.2, -0.15) is 0 Å². The number of hydrogen-bond donors (Lipinski definition) is 1. The van der Waals surface area contributed by atoms with Crippen LogP contribution in [0.4, 0.5) is 5.69 Å². The molecular formula is C32H47N2O4+. The van der Waals surface area contributed by atoms with Crippen molar-refractivity contribution in [1.29, 1.82) is 0 Å². The molecule has 1 aliphatic rings. The number of ether oxygens (including phenoxy) is 2. The normalized spacial score (nSPS) is 19.1. The Labute approximate surface area is 229 Å². The van der Waals surface area contributed by atoms with E-state index < -0.39 is 0 Å². The number of carbonyl (C=O) groups is 2. The van der Waals surface area contributed by atoms with E-state index in [1.807, 2.05) is 18.2 Å². The molecule has 0 aliphatic carbocycles. The summed E-state index contributed by atoms with van der Waals surface area (Å²) < 4.78 is 12.9. The summed E-state index contributed by atoms with van der Waals surface area (Å²) >= 11 is 0. The van der Waals surface area contributed by atoms with Crippen LogP contribution in [0.25, 0.3) is 0 Å². The van der Waals surface area contributed by atoms with E-state index in [1.165, 1.54) is 38.6 Å². The zero-order valence-corrected chi connectivity index (χ0v) is 23.7. The highest BCUT2D eigenvalue weighted by Gasteiger charge is 2.33. The van der Waals surface area contributed by atoms with E-state index in [4.69, 9.17) is 9.47 Å². The molecule has 1 amide bonds. The minimum Gasteiger partial charge on any atom is -0.493 e. The van der Waals surface area contributed by atoms with Crippen molar-refractivity contribution in [3.63, 3.8) is 0 Å². The predicted octanol–water partition coefficient (Wildman–Crippen LogP) is 7.24. The molecule has 0 aromatic heterocycles. The third-order valence-electron chi connectivity index (χ3n) is 7.76. The average molecular weight is 524 g/mol. The molecule has 2 aromatic rings. The maximum Gasteiger partial charge on any atom is 0.338 e. The summed E-state index contributed by atoms with van der Waals surface area (Å²) in [5, 5.41) is 2.93. The summed E-state index contributed by atoms with van der Waals surface area (Å²) in [7, 11) is 0. The number of amides is 1. The molecule has 1 N–H and O–H groups in total. The van der Waals surface area contributed by atoms with Crippen molar-refractivity contribution in [2.24, 2.45) is 0 Å². The number of benzene rings is 2. The van der Waals surface area contributed by atoms with Crippen molar-refractivity contribution < 1.29 is 23.5 Å². The Morgan fingerprint density at radius 3 is 2.24 bits per heavy atom. The van der Waals surface area contributed by atoms with Crippen LogP contribution in [0.2, 0.25) is 0 Å². The largest absolute Gasteiger partial charge is 0.493 e. The fraction of sp³-hybridized carbons (Fsp3) is 0.562. The molecule has 1 heterocycles. The second kappa shape index (κ2) is 15.5. The zero-order valence-electron chi connectivity index (χ0n) is 23.7. The van der Waals surface area contributed by atoms with Gasteiger partial charge in [0, 0.05) is 18.5 Å². The zero-order chi connectivity index (χ0) is 27.2. The van der Waals surface area contributed by atoms with Gasteiger partial charge in [0.15, 0.2) is 0 Å². The highest BCUT2D eigenvalue weighted by atomic mass is 16.5. The Kier molecular flexibility index (Phi) is 12.1. The lowest BCUT2D eigenvalue weighted by molar-refractivity contribution is -0.931. The maximum atomic E-state index is 13.0. The Bertz CT molecular complexity index is 997. The number of piperidine rings is 1. The van der Waals surface area contributed by atoms with Gasteiger partial charge < -0.3 is 19.3 Å². The monoisotopic (exact) mass is 523 g/mol. The first-order chi connectivity index (χ1) is 18.5. The van der Waals surface area contributed by atoms with Crippen molar-refractivity contribution in [2.45, 2.75) is 84.7 Å². The van der Waals surface area contributed by atoms with Gasteiger partial charge in [0.2, 0.25) is 0 Å². The highest BCUT2D eigenvalue weighted by Crippen LogP contribution is 2.24. The molecule has 3 rings (SSSR count). The third-order valence-corrected chi connectivity index (χ3v) is 7.76. The van der Waals surface area contributed by atoms with E-state index in [2.05, 4.69) is 26.1 Å². The number of hydrogen-bond acceptors (Lipinski definition) is 4. The first-order valence-corrected chi connectivity index (χ1v) is 14.7. The Morgan fingerprint density at radius 1 is 0.868 bits per heavy atom. The summed E-state index contributed by atoms with van der Waals surface area (Å²) in [6, 6.07) is 14.2. The van der Waals surface area contributed by atoms with Crippen molar-refractivity contribution in [2.75, 3.05) is 38.1 Å². The summed E-state index contributed by atoms with van der Waals surface area (Å²) in [6.07, 6.45) is 10.1. The lowest BCUT2D eigenvalue weighted by Gasteiger charge is -2.42. The van der Waals surface area contributed by atoms with Crippen molar-refractivity contribution >= 4 is 17.6 Å². The lowest BCUT2D eigenvalue weighted by Crippen LogP contribution is -2.54. The van der Waals surface area contributed by atoms with Crippen LogP contribution >= 0.6 is 0 Å². The van der Waals surface area contributed by atoms with Crippen molar-refractivity contribution in [3.05, 3.63) is 59.7 Å². The number of para-hydroxylation sites is 1. The van der Waals surface area contributed by atoms with E-state index in [9.17, 15) is 9.59 Å². The molecule has 0 unspecified atom stereocenters. The molecule has 0 radical (unpaired) electrons. The van der Waals surface area contributed by atoms with E-state index in [0.717, 1.165) is 49.8 Å². The van der Waals surface area contributed by atoms with Gasteiger partial charge in [-0.05, 0) is 56.2 Å². The number of nitrogens with one attached hydrogen (secondary N) is 1. The number of carbonyl (C=O) groups excluding carboxylic acids is 2. The Hall–Kier alpha value is -2.86. The number of unbranched alkanes of at least 4 members (excludes halogenated alkanes) is 5. The third kappa shape index (κ3) is 8.87. The van der Waals surface area contributed by atoms with Crippen LogP contribution in [0, 0.1) is 0 Å². The van der Waals surface area contributed by atoms with Crippen molar-refractivity contribution in [3.8, 4) is 5.75 Å². The van der Waals surface area contributed by atoms with Gasteiger partial charge in [0.25, 0.3) is 5.91 Å². The minimum atomic E-state index is -0.298. The van der Waals surface area contributed by atoms with Crippen LogP contribution in [0.3, 0.4) is 0 Å². The van der Waals surface area contributed by atoms with Gasteiger partial charge >= 0.3 is 5.97 Å². The van der Waals surface area contributed by atoms with Gasteiger partial charge in [0.1, 0.15) is 11.9 Å². The van der Waals surface area contributed by atoms with E-state index in [1.54, 1.807) is 30.3 Å². The van der Waals surface area contributed by atoms with Gasteiger partial charge in [-0.25, -0.2) is 4.79 Å². The first kappa shape index (κ1) is 29.7. The molecule has 2 aromatic carbocycles. The topological polar surface area (TPSA) is 64.6 Å². The molecule has 1 saturated heterocycles. The fourth-order valence-corrected chi connectivity index (χ4v) is 5.33. The fourth-order valence-electron chi connectivity index (χ4n) is 5.33. The number of anilines is 1. The van der Waals surface area contributed by atoms with E-state index >= 15 is 0 Å². The number of quaternary nitrogens is 1. The number of likely N-dealkylation sites (tertiary alicyclic amines) is 1.